The van der Waals surface area contributed by atoms with Gasteiger partial charge in [-0.3, -0.25) is 4.79 Å². The van der Waals surface area contributed by atoms with Crippen molar-refractivity contribution < 1.29 is 14.6 Å². The molecule has 0 saturated carbocycles. The lowest BCUT2D eigenvalue weighted by molar-refractivity contribution is -0.159. The molecule has 2 rings (SSSR count). The molecule has 18 heavy (non-hydrogen) atoms. The molecule has 0 aromatic carbocycles. The fourth-order valence-electron chi connectivity index (χ4n) is 3.19. The second-order valence-corrected chi connectivity index (χ2v) is 5.87. The SMILES string of the molecule is CCC1CCN(CC2(C(=O)O)CCCOC2)CC1. The van der Waals surface area contributed by atoms with Gasteiger partial charge in [-0.05, 0) is 44.7 Å². The van der Waals surface area contributed by atoms with E-state index in [1.54, 1.807) is 0 Å². The van der Waals surface area contributed by atoms with Crippen molar-refractivity contribution in [2.24, 2.45) is 11.3 Å². The first kappa shape index (κ1) is 13.8. The van der Waals surface area contributed by atoms with Gasteiger partial charge in [-0.1, -0.05) is 13.3 Å². The molecule has 0 amide bonds. The zero-order valence-electron chi connectivity index (χ0n) is 11.4. The van der Waals surface area contributed by atoms with Crippen molar-refractivity contribution in [1.29, 1.82) is 0 Å². The predicted molar refractivity (Wildman–Crippen MR) is 69.6 cm³/mol. The van der Waals surface area contributed by atoms with Gasteiger partial charge in [0, 0.05) is 13.2 Å². The van der Waals surface area contributed by atoms with Crippen molar-refractivity contribution >= 4 is 5.97 Å². The van der Waals surface area contributed by atoms with Gasteiger partial charge >= 0.3 is 5.97 Å². The molecular formula is C14H25NO3. The molecule has 4 heteroatoms. The smallest absolute Gasteiger partial charge is 0.313 e. The van der Waals surface area contributed by atoms with Crippen LogP contribution in [0.3, 0.4) is 0 Å². The molecule has 0 aliphatic carbocycles. The van der Waals surface area contributed by atoms with E-state index in [0.717, 1.165) is 31.8 Å². The second-order valence-electron chi connectivity index (χ2n) is 5.87. The third-order valence-electron chi connectivity index (χ3n) is 4.59. The Hall–Kier alpha value is -0.610. The lowest BCUT2D eigenvalue weighted by atomic mass is 9.81. The van der Waals surface area contributed by atoms with Gasteiger partial charge in [-0.2, -0.15) is 0 Å². The number of nitrogens with zero attached hydrogens (tertiary/aromatic N) is 1. The Labute approximate surface area is 109 Å². The van der Waals surface area contributed by atoms with Crippen molar-refractivity contribution in [3.05, 3.63) is 0 Å². The molecular weight excluding hydrogens is 230 g/mol. The number of likely N-dealkylation sites (tertiary alicyclic amines) is 1. The minimum absolute atomic E-state index is 0.385. The van der Waals surface area contributed by atoms with E-state index in [-0.39, 0.29) is 0 Å². The molecule has 0 spiro atoms. The first-order valence-electron chi connectivity index (χ1n) is 7.20. The van der Waals surface area contributed by atoms with Gasteiger partial charge in [0.05, 0.1) is 6.61 Å². The molecule has 104 valence electrons. The van der Waals surface area contributed by atoms with Gasteiger partial charge < -0.3 is 14.7 Å². The summed E-state index contributed by atoms with van der Waals surface area (Å²) in [6, 6.07) is 0. The number of aliphatic carboxylic acids is 1. The maximum absolute atomic E-state index is 11.6. The molecule has 1 unspecified atom stereocenters. The van der Waals surface area contributed by atoms with Crippen LogP contribution in [0.25, 0.3) is 0 Å². The number of rotatable bonds is 4. The molecule has 4 nitrogen and oxygen atoms in total. The van der Waals surface area contributed by atoms with E-state index in [1.165, 1.54) is 19.3 Å². The average molecular weight is 255 g/mol. The molecule has 1 atom stereocenters. The van der Waals surface area contributed by atoms with E-state index < -0.39 is 11.4 Å². The number of hydrogen-bond donors (Lipinski definition) is 1. The molecule has 2 aliphatic heterocycles. The largest absolute Gasteiger partial charge is 0.481 e. The van der Waals surface area contributed by atoms with E-state index in [0.29, 0.717) is 19.8 Å². The molecule has 0 bridgehead atoms. The zero-order valence-corrected chi connectivity index (χ0v) is 11.4. The summed E-state index contributed by atoms with van der Waals surface area (Å²) in [6.07, 6.45) is 5.31. The minimum Gasteiger partial charge on any atom is -0.481 e. The number of carbonyl (C=O) groups is 1. The minimum atomic E-state index is -0.681. The monoisotopic (exact) mass is 255 g/mol. The van der Waals surface area contributed by atoms with Crippen LogP contribution >= 0.6 is 0 Å². The average Bonchev–Trinajstić information content (AvgIpc) is 2.40. The van der Waals surface area contributed by atoms with Crippen LogP contribution in [0, 0.1) is 11.3 Å². The number of piperidine rings is 1. The maximum atomic E-state index is 11.6. The summed E-state index contributed by atoms with van der Waals surface area (Å²) in [7, 11) is 0. The Morgan fingerprint density at radius 3 is 2.67 bits per heavy atom. The summed E-state index contributed by atoms with van der Waals surface area (Å²) in [5, 5.41) is 9.51. The number of carboxylic acid groups (broad SMARTS) is 1. The van der Waals surface area contributed by atoms with Gasteiger partial charge in [-0.15, -0.1) is 0 Å². The first-order valence-corrected chi connectivity index (χ1v) is 7.20. The van der Waals surface area contributed by atoms with Crippen LogP contribution < -0.4 is 0 Å². The zero-order chi connectivity index (χ0) is 13.0. The first-order chi connectivity index (χ1) is 8.66. The summed E-state index contributed by atoms with van der Waals surface area (Å²) >= 11 is 0. The van der Waals surface area contributed by atoms with Crippen LogP contribution in [-0.2, 0) is 9.53 Å². The van der Waals surface area contributed by atoms with Crippen LogP contribution in [0.15, 0.2) is 0 Å². The van der Waals surface area contributed by atoms with E-state index in [4.69, 9.17) is 4.74 Å². The Kier molecular flexibility index (Phi) is 4.62. The Bertz CT molecular complexity index is 279. The summed E-state index contributed by atoms with van der Waals surface area (Å²) in [5.74, 6) is 0.157. The lowest BCUT2D eigenvalue weighted by Gasteiger charge is -2.40. The predicted octanol–water partition coefficient (Wildman–Crippen LogP) is 1.99. The fraction of sp³-hybridized carbons (Fsp3) is 0.929. The van der Waals surface area contributed by atoms with Gasteiger partial charge in [-0.25, -0.2) is 0 Å². The summed E-state index contributed by atoms with van der Waals surface area (Å²) < 4.78 is 5.42. The van der Waals surface area contributed by atoms with Crippen LogP contribution in [0.4, 0.5) is 0 Å². The molecule has 2 heterocycles. The molecule has 2 fully saturated rings. The highest BCUT2D eigenvalue weighted by atomic mass is 16.5. The molecule has 0 aromatic heterocycles. The van der Waals surface area contributed by atoms with Crippen LogP contribution in [0.1, 0.15) is 39.0 Å². The molecule has 2 aliphatic rings. The third kappa shape index (κ3) is 3.04. The molecule has 0 radical (unpaired) electrons. The normalized spacial score (nSPS) is 31.4. The van der Waals surface area contributed by atoms with E-state index >= 15 is 0 Å². The molecule has 1 N–H and O–H groups in total. The Morgan fingerprint density at radius 1 is 1.44 bits per heavy atom. The number of ether oxygens (including phenoxy) is 1. The third-order valence-corrected chi connectivity index (χ3v) is 4.59. The van der Waals surface area contributed by atoms with E-state index in [1.807, 2.05) is 0 Å². The second kappa shape index (κ2) is 6.02. The van der Waals surface area contributed by atoms with Crippen molar-refractivity contribution in [2.75, 3.05) is 32.8 Å². The van der Waals surface area contributed by atoms with Gasteiger partial charge in [0.2, 0.25) is 0 Å². The van der Waals surface area contributed by atoms with Crippen LogP contribution in [0.2, 0.25) is 0 Å². The standard InChI is InChI=1S/C14H25NO3/c1-2-12-4-7-15(8-5-12)10-14(13(16)17)6-3-9-18-11-14/h12H,2-11H2,1H3,(H,16,17). The summed E-state index contributed by atoms with van der Waals surface area (Å²) in [6.45, 7) is 6.11. The highest BCUT2D eigenvalue weighted by molar-refractivity contribution is 5.75. The van der Waals surface area contributed by atoms with Gasteiger partial charge in [0.1, 0.15) is 5.41 Å². The van der Waals surface area contributed by atoms with Crippen molar-refractivity contribution in [3.63, 3.8) is 0 Å². The van der Waals surface area contributed by atoms with Crippen molar-refractivity contribution in [1.82, 2.24) is 4.90 Å². The molecule has 0 aromatic rings. The molecule has 2 saturated heterocycles. The highest BCUT2D eigenvalue weighted by Gasteiger charge is 2.42. The fourth-order valence-corrected chi connectivity index (χ4v) is 3.19. The van der Waals surface area contributed by atoms with Gasteiger partial charge in [0.15, 0.2) is 0 Å². The lowest BCUT2D eigenvalue weighted by Crippen LogP contribution is -2.50. The van der Waals surface area contributed by atoms with E-state index in [2.05, 4.69) is 11.8 Å². The number of carboxylic acids is 1. The number of hydrogen-bond acceptors (Lipinski definition) is 3. The highest BCUT2D eigenvalue weighted by Crippen LogP contribution is 2.32. The topological polar surface area (TPSA) is 49.8 Å². The van der Waals surface area contributed by atoms with Crippen LogP contribution in [0.5, 0.6) is 0 Å². The Morgan fingerprint density at radius 2 is 2.17 bits per heavy atom. The summed E-state index contributed by atoms with van der Waals surface area (Å²) in [5.41, 5.74) is -0.655. The van der Waals surface area contributed by atoms with Crippen molar-refractivity contribution in [3.8, 4) is 0 Å². The summed E-state index contributed by atoms with van der Waals surface area (Å²) in [4.78, 5) is 13.9. The van der Waals surface area contributed by atoms with Gasteiger partial charge in [0.25, 0.3) is 0 Å². The Balaban J connectivity index is 1.91. The maximum Gasteiger partial charge on any atom is 0.313 e. The van der Waals surface area contributed by atoms with Crippen molar-refractivity contribution in [2.45, 2.75) is 39.0 Å². The van der Waals surface area contributed by atoms with E-state index in [9.17, 15) is 9.90 Å². The van der Waals surface area contributed by atoms with Crippen LogP contribution in [-0.4, -0.2) is 48.8 Å². The quantitative estimate of drug-likeness (QED) is 0.834.